The topological polar surface area (TPSA) is 31.1 Å². The van der Waals surface area contributed by atoms with Crippen LogP contribution in [0.3, 0.4) is 0 Å². The van der Waals surface area contributed by atoms with Crippen molar-refractivity contribution in [3.8, 4) is 0 Å². The van der Waals surface area contributed by atoms with Crippen molar-refractivity contribution < 1.29 is 0 Å². The third kappa shape index (κ3) is 2.15. The average Bonchev–Trinajstić information content (AvgIpc) is 2.87. The van der Waals surface area contributed by atoms with Gasteiger partial charge in [0.15, 0.2) is 0 Å². The molecule has 2 N–H and O–H groups in total. The predicted molar refractivity (Wildman–Crippen MR) is 83.0 cm³/mol. The minimum Gasteiger partial charge on any atom is -0.361 e. The van der Waals surface area contributed by atoms with Crippen molar-refractivity contribution in [1.82, 2.24) is 15.2 Å². The van der Waals surface area contributed by atoms with Crippen LogP contribution >= 0.6 is 0 Å². The van der Waals surface area contributed by atoms with Crippen LogP contribution in [-0.2, 0) is 6.42 Å². The summed E-state index contributed by atoms with van der Waals surface area (Å²) < 4.78 is 0. The van der Waals surface area contributed by atoms with Crippen molar-refractivity contribution in [3.05, 3.63) is 36.0 Å². The Hall–Kier alpha value is -1.32. The molecule has 1 aromatic heterocycles. The Balaban J connectivity index is 1.36. The van der Waals surface area contributed by atoms with Gasteiger partial charge in [0.1, 0.15) is 0 Å². The van der Waals surface area contributed by atoms with E-state index in [2.05, 4.69) is 45.7 Å². The number of para-hydroxylation sites is 1. The quantitative estimate of drug-likeness (QED) is 0.896. The van der Waals surface area contributed by atoms with Crippen LogP contribution in [0.1, 0.15) is 18.4 Å². The Morgan fingerprint density at radius 2 is 1.90 bits per heavy atom. The third-order valence-corrected chi connectivity index (χ3v) is 5.29. The van der Waals surface area contributed by atoms with E-state index in [0.29, 0.717) is 5.41 Å². The highest BCUT2D eigenvalue weighted by molar-refractivity contribution is 5.83. The van der Waals surface area contributed by atoms with Gasteiger partial charge in [-0.1, -0.05) is 18.2 Å². The molecule has 4 rings (SSSR count). The summed E-state index contributed by atoms with van der Waals surface area (Å²) in [6.45, 7) is 6.27. The zero-order chi connectivity index (χ0) is 13.4. The maximum absolute atomic E-state index is 3.44. The first kappa shape index (κ1) is 12.4. The Morgan fingerprint density at radius 1 is 1.10 bits per heavy atom. The lowest BCUT2D eigenvalue weighted by Gasteiger charge is -2.48. The molecule has 2 saturated heterocycles. The van der Waals surface area contributed by atoms with Crippen LogP contribution in [0, 0.1) is 5.41 Å². The van der Waals surface area contributed by atoms with Gasteiger partial charge < -0.3 is 15.2 Å². The van der Waals surface area contributed by atoms with E-state index in [0.717, 1.165) is 6.42 Å². The molecule has 1 aromatic carbocycles. The fourth-order valence-electron chi connectivity index (χ4n) is 3.70. The van der Waals surface area contributed by atoms with Crippen LogP contribution < -0.4 is 5.32 Å². The summed E-state index contributed by atoms with van der Waals surface area (Å²) in [5.74, 6) is 0. The molecule has 3 heterocycles. The van der Waals surface area contributed by atoms with Gasteiger partial charge in [-0.05, 0) is 49.4 Å². The second-order valence-electron chi connectivity index (χ2n) is 6.55. The number of benzene rings is 1. The monoisotopic (exact) mass is 269 g/mol. The molecule has 0 saturated carbocycles. The van der Waals surface area contributed by atoms with E-state index in [9.17, 15) is 0 Å². The molecule has 0 atom stereocenters. The Labute approximate surface area is 120 Å². The molecule has 2 aromatic rings. The fraction of sp³-hybridized carbons (Fsp3) is 0.529. The number of nitrogens with one attached hydrogen (secondary N) is 2. The van der Waals surface area contributed by atoms with E-state index in [1.54, 1.807) is 0 Å². The molecule has 1 spiro atoms. The number of likely N-dealkylation sites (tertiary alicyclic amines) is 1. The maximum atomic E-state index is 3.44. The first-order valence-electron chi connectivity index (χ1n) is 7.83. The standard InChI is InChI=1S/C17H23N3/c1-2-4-16-15(3-1)14(11-19-16)5-8-20-9-6-17(7-10-20)12-18-13-17/h1-4,11,18-19H,5-10,12-13H2. The lowest BCUT2D eigenvalue weighted by Crippen LogP contribution is -2.58. The molecule has 3 heteroatoms. The lowest BCUT2D eigenvalue weighted by atomic mass is 9.73. The van der Waals surface area contributed by atoms with Crippen LogP contribution in [0.5, 0.6) is 0 Å². The first-order valence-corrected chi connectivity index (χ1v) is 7.83. The van der Waals surface area contributed by atoms with Crippen molar-refractivity contribution in [3.63, 3.8) is 0 Å². The van der Waals surface area contributed by atoms with Crippen molar-refractivity contribution in [2.45, 2.75) is 19.3 Å². The molecule has 0 unspecified atom stereocenters. The van der Waals surface area contributed by atoms with Crippen molar-refractivity contribution >= 4 is 10.9 Å². The third-order valence-electron chi connectivity index (χ3n) is 5.29. The van der Waals surface area contributed by atoms with Gasteiger partial charge in [0.25, 0.3) is 0 Å². The van der Waals surface area contributed by atoms with Gasteiger partial charge in [-0.25, -0.2) is 0 Å². The zero-order valence-electron chi connectivity index (χ0n) is 12.0. The lowest BCUT2D eigenvalue weighted by molar-refractivity contribution is 0.0560. The fourth-order valence-corrected chi connectivity index (χ4v) is 3.70. The normalized spacial score (nSPS) is 22.2. The number of aromatic nitrogens is 1. The van der Waals surface area contributed by atoms with Crippen LogP contribution in [0.25, 0.3) is 10.9 Å². The van der Waals surface area contributed by atoms with Crippen LogP contribution in [-0.4, -0.2) is 42.6 Å². The molecule has 2 fully saturated rings. The van der Waals surface area contributed by atoms with E-state index >= 15 is 0 Å². The maximum Gasteiger partial charge on any atom is 0.0456 e. The van der Waals surface area contributed by atoms with Gasteiger partial charge in [-0.15, -0.1) is 0 Å². The smallest absolute Gasteiger partial charge is 0.0456 e. The minimum atomic E-state index is 0.664. The molecule has 0 radical (unpaired) electrons. The Bertz CT molecular complexity index is 587. The molecular formula is C17H23N3. The Kier molecular flexibility index (Phi) is 3.04. The van der Waals surface area contributed by atoms with Crippen LogP contribution in [0.4, 0.5) is 0 Å². The largest absolute Gasteiger partial charge is 0.361 e. The van der Waals surface area contributed by atoms with Crippen molar-refractivity contribution in [2.24, 2.45) is 5.41 Å². The number of hydrogen-bond acceptors (Lipinski definition) is 2. The molecule has 106 valence electrons. The molecule has 0 amide bonds. The summed E-state index contributed by atoms with van der Waals surface area (Å²) in [4.78, 5) is 6.02. The number of hydrogen-bond donors (Lipinski definition) is 2. The molecular weight excluding hydrogens is 246 g/mol. The van der Waals surface area contributed by atoms with E-state index in [4.69, 9.17) is 0 Å². The van der Waals surface area contributed by atoms with Gasteiger partial charge in [0.2, 0.25) is 0 Å². The Morgan fingerprint density at radius 3 is 2.65 bits per heavy atom. The SMILES string of the molecule is c1ccc2c(CCN3CCC4(CC3)CNC4)c[nH]c2c1. The molecule has 3 nitrogen and oxygen atoms in total. The summed E-state index contributed by atoms with van der Waals surface area (Å²) in [5.41, 5.74) is 3.39. The van der Waals surface area contributed by atoms with E-state index in [1.807, 2.05) is 0 Å². The van der Waals surface area contributed by atoms with E-state index in [-0.39, 0.29) is 0 Å². The van der Waals surface area contributed by atoms with Crippen LogP contribution in [0.2, 0.25) is 0 Å². The summed E-state index contributed by atoms with van der Waals surface area (Å²) in [6.07, 6.45) is 6.11. The number of aromatic amines is 1. The first-order chi connectivity index (χ1) is 9.85. The van der Waals surface area contributed by atoms with Gasteiger partial charge in [-0.3, -0.25) is 0 Å². The summed E-state index contributed by atoms with van der Waals surface area (Å²) in [7, 11) is 0. The number of piperidine rings is 1. The minimum absolute atomic E-state index is 0.664. The zero-order valence-corrected chi connectivity index (χ0v) is 12.0. The van der Waals surface area contributed by atoms with E-state index in [1.165, 1.54) is 62.0 Å². The number of nitrogens with zero attached hydrogens (tertiary/aromatic N) is 1. The average molecular weight is 269 g/mol. The predicted octanol–water partition coefficient (Wildman–Crippen LogP) is 2.40. The highest BCUT2D eigenvalue weighted by atomic mass is 15.1. The number of H-pyrrole nitrogens is 1. The van der Waals surface area contributed by atoms with E-state index < -0.39 is 0 Å². The van der Waals surface area contributed by atoms with Gasteiger partial charge >= 0.3 is 0 Å². The highest BCUT2D eigenvalue weighted by Gasteiger charge is 2.39. The number of fused-ring (bicyclic) bond motifs is 1. The summed E-state index contributed by atoms with van der Waals surface area (Å²) >= 11 is 0. The second kappa shape index (κ2) is 4.90. The highest BCUT2D eigenvalue weighted by Crippen LogP contribution is 2.34. The molecule has 2 aliphatic rings. The van der Waals surface area contributed by atoms with Gasteiger partial charge in [0.05, 0.1) is 0 Å². The van der Waals surface area contributed by atoms with Crippen LogP contribution in [0.15, 0.2) is 30.5 Å². The van der Waals surface area contributed by atoms with Gasteiger partial charge in [-0.2, -0.15) is 0 Å². The van der Waals surface area contributed by atoms with Crippen molar-refractivity contribution in [1.29, 1.82) is 0 Å². The molecule has 20 heavy (non-hydrogen) atoms. The molecule has 0 bridgehead atoms. The summed E-state index contributed by atoms with van der Waals surface area (Å²) in [5, 5.41) is 4.83. The summed E-state index contributed by atoms with van der Waals surface area (Å²) in [6, 6.07) is 8.62. The molecule has 2 aliphatic heterocycles. The number of rotatable bonds is 3. The molecule has 0 aliphatic carbocycles. The van der Waals surface area contributed by atoms with Crippen molar-refractivity contribution in [2.75, 3.05) is 32.7 Å². The van der Waals surface area contributed by atoms with Gasteiger partial charge in [0, 0.05) is 36.7 Å². The second-order valence-corrected chi connectivity index (χ2v) is 6.55.